The minimum absolute atomic E-state index is 0.0229. The Labute approximate surface area is 102 Å². The number of rotatable bonds is 4. The molecule has 1 rings (SSSR count). The quantitative estimate of drug-likeness (QED) is 0.787. The number of methoxy groups -OCH3 is 1. The van der Waals surface area contributed by atoms with Crippen LogP contribution < -0.4 is 15.4 Å². The van der Waals surface area contributed by atoms with Gasteiger partial charge in [0.2, 0.25) is 5.91 Å². The molecular formula is C12H19N3O2. The predicted molar refractivity (Wildman–Crippen MR) is 69.4 cm³/mol. The number of carbonyl (C=O) groups is 1. The molecule has 1 aromatic rings. The van der Waals surface area contributed by atoms with E-state index in [1.54, 1.807) is 37.1 Å². The number of likely N-dealkylation sites (N-methyl/N-ethyl adjacent to an activating group) is 2. The van der Waals surface area contributed by atoms with E-state index in [2.05, 4.69) is 0 Å². The second kappa shape index (κ2) is 5.43. The van der Waals surface area contributed by atoms with Crippen molar-refractivity contribution in [3.63, 3.8) is 0 Å². The van der Waals surface area contributed by atoms with E-state index in [1.807, 2.05) is 19.2 Å². The van der Waals surface area contributed by atoms with Crippen LogP contribution in [0.1, 0.15) is 0 Å². The van der Waals surface area contributed by atoms with Gasteiger partial charge in [-0.25, -0.2) is 0 Å². The number of anilines is 2. The summed E-state index contributed by atoms with van der Waals surface area (Å²) in [6.07, 6.45) is 0. The van der Waals surface area contributed by atoms with Gasteiger partial charge < -0.3 is 20.3 Å². The number of nitrogens with two attached hydrogens (primary N) is 1. The Morgan fingerprint density at radius 1 is 1.35 bits per heavy atom. The highest BCUT2D eigenvalue weighted by atomic mass is 16.5. The van der Waals surface area contributed by atoms with E-state index in [-0.39, 0.29) is 12.5 Å². The third kappa shape index (κ3) is 3.03. The lowest BCUT2D eigenvalue weighted by Crippen LogP contribution is -2.34. The van der Waals surface area contributed by atoms with Crippen LogP contribution in [0.2, 0.25) is 0 Å². The Balaban J connectivity index is 2.89. The molecule has 0 atom stereocenters. The van der Waals surface area contributed by atoms with Crippen molar-refractivity contribution in [2.24, 2.45) is 0 Å². The number of nitrogen functional groups attached to an aromatic ring is 1. The molecular weight excluding hydrogens is 218 g/mol. The van der Waals surface area contributed by atoms with Gasteiger partial charge in [0.05, 0.1) is 25.0 Å². The number of nitrogens with zero attached hydrogens (tertiary/aromatic N) is 2. The van der Waals surface area contributed by atoms with Crippen LogP contribution in [0.15, 0.2) is 18.2 Å². The van der Waals surface area contributed by atoms with Gasteiger partial charge >= 0.3 is 0 Å². The zero-order chi connectivity index (χ0) is 13.0. The average molecular weight is 237 g/mol. The van der Waals surface area contributed by atoms with Crippen molar-refractivity contribution in [1.82, 2.24) is 4.90 Å². The van der Waals surface area contributed by atoms with Gasteiger partial charge in [0.15, 0.2) is 0 Å². The van der Waals surface area contributed by atoms with Gasteiger partial charge in [-0.1, -0.05) is 6.07 Å². The molecule has 1 aromatic carbocycles. The van der Waals surface area contributed by atoms with Crippen molar-refractivity contribution < 1.29 is 9.53 Å². The van der Waals surface area contributed by atoms with Crippen LogP contribution in [-0.4, -0.2) is 45.6 Å². The van der Waals surface area contributed by atoms with Gasteiger partial charge in [0.1, 0.15) is 5.75 Å². The molecule has 0 aliphatic heterocycles. The first-order chi connectivity index (χ1) is 7.97. The third-order valence-electron chi connectivity index (χ3n) is 2.55. The standard InChI is InChI=1S/C12H19N3O2/c1-14(2)11(16)8-15(3)9-6-5-7-10(17-4)12(9)13/h5-7H,8,13H2,1-4H3. The fourth-order valence-electron chi connectivity index (χ4n) is 1.47. The second-order valence-corrected chi connectivity index (χ2v) is 4.04. The highest BCUT2D eigenvalue weighted by Crippen LogP contribution is 2.31. The summed E-state index contributed by atoms with van der Waals surface area (Å²) in [5.74, 6) is 0.640. The topological polar surface area (TPSA) is 58.8 Å². The Kier molecular flexibility index (Phi) is 4.20. The maximum absolute atomic E-state index is 11.6. The molecule has 0 bridgehead atoms. The lowest BCUT2D eigenvalue weighted by atomic mass is 10.2. The molecule has 0 aliphatic carbocycles. The van der Waals surface area contributed by atoms with Crippen molar-refractivity contribution in [3.05, 3.63) is 18.2 Å². The van der Waals surface area contributed by atoms with Crippen LogP contribution in [-0.2, 0) is 4.79 Å². The SMILES string of the molecule is COc1cccc(N(C)CC(=O)N(C)C)c1N. The summed E-state index contributed by atoms with van der Waals surface area (Å²) < 4.78 is 5.14. The van der Waals surface area contributed by atoms with Gasteiger partial charge in [-0.2, -0.15) is 0 Å². The summed E-state index contributed by atoms with van der Waals surface area (Å²) in [5.41, 5.74) is 7.29. The molecule has 0 aromatic heterocycles. The molecule has 1 amide bonds. The van der Waals surface area contributed by atoms with E-state index in [1.165, 1.54) is 0 Å². The number of benzene rings is 1. The van der Waals surface area contributed by atoms with Crippen molar-refractivity contribution in [2.75, 3.05) is 45.4 Å². The fourth-order valence-corrected chi connectivity index (χ4v) is 1.47. The molecule has 0 heterocycles. The van der Waals surface area contributed by atoms with Crippen LogP contribution in [0.5, 0.6) is 5.75 Å². The highest BCUT2D eigenvalue weighted by molar-refractivity contribution is 5.83. The number of carbonyl (C=O) groups excluding carboxylic acids is 1. The lowest BCUT2D eigenvalue weighted by Gasteiger charge is -2.23. The van der Waals surface area contributed by atoms with Crippen LogP contribution >= 0.6 is 0 Å². The number of ether oxygens (including phenoxy) is 1. The molecule has 0 fully saturated rings. The van der Waals surface area contributed by atoms with E-state index >= 15 is 0 Å². The summed E-state index contributed by atoms with van der Waals surface area (Å²) in [6, 6.07) is 5.50. The Bertz CT molecular complexity index is 405. The minimum Gasteiger partial charge on any atom is -0.495 e. The summed E-state index contributed by atoms with van der Waals surface area (Å²) in [7, 11) is 6.85. The second-order valence-electron chi connectivity index (χ2n) is 4.04. The monoisotopic (exact) mass is 237 g/mol. The molecule has 94 valence electrons. The van der Waals surface area contributed by atoms with Gasteiger partial charge in [0.25, 0.3) is 0 Å². The van der Waals surface area contributed by atoms with E-state index < -0.39 is 0 Å². The van der Waals surface area contributed by atoms with Gasteiger partial charge in [-0.05, 0) is 12.1 Å². The first-order valence-electron chi connectivity index (χ1n) is 5.31. The molecule has 5 nitrogen and oxygen atoms in total. The van der Waals surface area contributed by atoms with E-state index in [0.717, 1.165) is 5.69 Å². The van der Waals surface area contributed by atoms with Crippen molar-refractivity contribution in [3.8, 4) is 5.75 Å². The molecule has 0 saturated carbocycles. The molecule has 0 saturated heterocycles. The maximum atomic E-state index is 11.6. The molecule has 5 heteroatoms. The Morgan fingerprint density at radius 3 is 2.53 bits per heavy atom. The predicted octanol–water partition coefficient (Wildman–Crippen LogP) is 0.802. The maximum Gasteiger partial charge on any atom is 0.241 e. The smallest absolute Gasteiger partial charge is 0.241 e. The fraction of sp³-hybridized carbons (Fsp3) is 0.417. The van der Waals surface area contributed by atoms with Gasteiger partial charge in [-0.15, -0.1) is 0 Å². The first-order valence-corrected chi connectivity index (χ1v) is 5.31. The van der Waals surface area contributed by atoms with Crippen molar-refractivity contribution in [1.29, 1.82) is 0 Å². The molecule has 0 aliphatic rings. The summed E-state index contributed by atoms with van der Waals surface area (Å²) in [5, 5.41) is 0. The van der Waals surface area contributed by atoms with Crippen LogP contribution in [0.25, 0.3) is 0 Å². The van der Waals surface area contributed by atoms with E-state index in [9.17, 15) is 4.79 Å². The van der Waals surface area contributed by atoms with Crippen LogP contribution in [0.4, 0.5) is 11.4 Å². The third-order valence-corrected chi connectivity index (χ3v) is 2.55. The molecule has 0 unspecified atom stereocenters. The average Bonchev–Trinajstić information content (AvgIpc) is 2.28. The molecule has 17 heavy (non-hydrogen) atoms. The van der Waals surface area contributed by atoms with Gasteiger partial charge in [0, 0.05) is 21.1 Å². The minimum atomic E-state index is 0.0229. The van der Waals surface area contributed by atoms with Gasteiger partial charge in [-0.3, -0.25) is 4.79 Å². The number of hydrogen-bond donors (Lipinski definition) is 1. The normalized spacial score (nSPS) is 9.88. The summed E-state index contributed by atoms with van der Waals surface area (Å²) in [4.78, 5) is 15.0. The van der Waals surface area contributed by atoms with Crippen molar-refractivity contribution >= 4 is 17.3 Å². The van der Waals surface area contributed by atoms with Crippen LogP contribution in [0.3, 0.4) is 0 Å². The lowest BCUT2D eigenvalue weighted by molar-refractivity contribution is -0.127. The Hall–Kier alpha value is -1.91. The first kappa shape index (κ1) is 13.2. The molecule has 0 radical (unpaired) electrons. The summed E-state index contributed by atoms with van der Waals surface area (Å²) >= 11 is 0. The highest BCUT2D eigenvalue weighted by Gasteiger charge is 2.13. The zero-order valence-electron chi connectivity index (χ0n) is 10.7. The molecule has 2 N–H and O–H groups in total. The van der Waals surface area contributed by atoms with E-state index in [0.29, 0.717) is 11.4 Å². The Morgan fingerprint density at radius 2 is 2.00 bits per heavy atom. The largest absolute Gasteiger partial charge is 0.495 e. The number of hydrogen-bond acceptors (Lipinski definition) is 4. The summed E-state index contributed by atoms with van der Waals surface area (Å²) in [6.45, 7) is 0.282. The van der Waals surface area contributed by atoms with E-state index in [4.69, 9.17) is 10.5 Å². The molecule has 0 spiro atoms. The number of amides is 1. The number of para-hydroxylation sites is 1. The van der Waals surface area contributed by atoms with Crippen molar-refractivity contribution in [2.45, 2.75) is 0 Å². The zero-order valence-corrected chi connectivity index (χ0v) is 10.7. The van der Waals surface area contributed by atoms with Crippen LogP contribution in [0, 0.1) is 0 Å².